The molecule has 3 aromatic carbocycles. The Hall–Kier alpha value is -4.40. The molecule has 0 aliphatic rings. The smallest absolute Gasteiger partial charge is 0.416 e. The highest BCUT2D eigenvalue weighted by Crippen LogP contribution is 2.39. The summed E-state index contributed by atoms with van der Waals surface area (Å²) in [5, 5.41) is 2.79. The van der Waals surface area contributed by atoms with Crippen LogP contribution in [0.4, 0.5) is 18.9 Å². The zero-order chi connectivity index (χ0) is 27.0. The second-order valence-corrected chi connectivity index (χ2v) is 7.69. The van der Waals surface area contributed by atoms with E-state index in [0.29, 0.717) is 39.8 Å². The van der Waals surface area contributed by atoms with Crippen LogP contribution in [0.3, 0.4) is 0 Å². The highest BCUT2D eigenvalue weighted by Gasteiger charge is 2.29. The van der Waals surface area contributed by atoms with Crippen molar-refractivity contribution in [2.45, 2.75) is 6.18 Å². The van der Waals surface area contributed by atoms with Gasteiger partial charge in [0.05, 0.1) is 34.0 Å². The zero-order valence-electron chi connectivity index (χ0n) is 20.7. The first-order valence-corrected chi connectivity index (χ1v) is 11.0. The number of carbonyl (C=O) groups excluding carboxylic acids is 1. The third-order valence-electron chi connectivity index (χ3n) is 5.32. The van der Waals surface area contributed by atoms with Crippen molar-refractivity contribution in [1.29, 1.82) is 0 Å². The summed E-state index contributed by atoms with van der Waals surface area (Å²) in [5.74, 6) is 1.59. The molecule has 9 heteroatoms. The number of nitrogens with one attached hydrogen (secondary N) is 1. The van der Waals surface area contributed by atoms with Gasteiger partial charge in [0, 0.05) is 17.3 Å². The van der Waals surface area contributed by atoms with Crippen LogP contribution in [0.5, 0.6) is 23.0 Å². The van der Waals surface area contributed by atoms with E-state index in [9.17, 15) is 18.0 Å². The van der Waals surface area contributed by atoms with Gasteiger partial charge >= 0.3 is 6.18 Å². The summed E-state index contributed by atoms with van der Waals surface area (Å²) in [4.78, 5) is 12.6. The first-order valence-electron chi connectivity index (χ1n) is 11.0. The maximum atomic E-state index is 12.7. The highest BCUT2D eigenvalue weighted by atomic mass is 19.4. The molecule has 0 aliphatic carbocycles. The lowest BCUT2D eigenvalue weighted by atomic mass is 10.1. The molecule has 1 N–H and O–H groups in total. The molecule has 37 heavy (non-hydrogen) atoms. The van der Waals surface area contributed by atoms with E-state index in [1.807, 2.05) is 6.08 Å². The molecular formula is C28H26F3NO5. The Kier molecular flexibility index (Phi) is 8.84. The molecule has 0 radical (unpaired) electrons. The van der Waals surface area contributed by atoms with E-state index in [1.54, 1.807) is 36.4 Å². The average Bonchev–Trinajstić information content (AvgIpc) is 2.90. The zero-order valence-corrected chi connectivity index (χ0v) is 20.7. The van der Waals surface area contributed by atoms with Gasteiger partial charge in [0.15, 0.2) is 11.5 Å². The predicted molar refractivity (Wildman–Crippen MR) is 137 cm³/mol. The van der Waals surface area contributed by atoms with E-state index in [0.717, 1.165) is 17.7 Å². The van der Waals surface area contributed by atoms with Gasteiger partial charge < -0.3 is 24.3 Å². The number of hydrogen-bond donors (Lipinski definition) is 1. The standard InChI is InChI=1S/C28H26F3NO5/c1-34-22-12-13-23(32-26(33)14-8-18-6-10-21(11-7-18)28(29,30)31)20(17-22)9-5-19-15-24(35-2)27(37-4)25(16-19)36-3/h5-17H,1-4H3,(H,32,33)/b9-5+,14-8+. The summed E-state index contributed by atoms with van der Waals surface area (Å²) < 4.78 is 59.6. The summed E-state index contributed by atoms with van der Waals surface area (Å²) >= 11 is 0. The molecule has 0 heterocycles. The molecule has 0 saturated carbocycles. The minimum atomic E-state index is -4.42. The summed E-state index contributed by atoms with van der Waals surface area (Å²) in [6, 6.07) is 13.2. The third-order valence-corrected chi connectivity index (χ3v) is 5.32. The molecule has 0 unspecified atom stereocenters. The quantitative estimate of drug-likeness (QED) is 0.259. The molecule has 194 valence electrons. The fourth-order valence-electron chi connectivity index (χ4n) is 3.43. The molecular weight excluding hydrogens is 487 g/mol. The number of anilines is 1. The molecule has 1 amide bonds. The summed E-state index contributed by atoms with van der Waals surface area (Å²) in [5.41, 5.74) is 1.63. The topological polar surface area (TPSA) is 66.0 Å². The lowest BCUT2D eigenvalue weighted by molar-refractivity contribution is -0.137. The normalized spacial score (nSPS) is 11.5. The molecule has 0 bridgehead atoms. The second kappa shape index (κ2) is 12.0. The molecule has 0 spiro atoms. The Labute approximate surface area is 212 Å². The third kappa shape index (κ3) is 7.07. The van der Waals surface area contributed by atoms with Crippen molar-refractivity contribution < 1.29 is 36.9 Å². The van der Waals surface area contributed by atoms with Crippen molar-refractivity contribution in [1.82, 2.24) is 0 Å². The molecule has 0 aliphatic heterocycles. The molecule has 0 atom stereocenters. The Morgan fingerprint density at radius 3 is 1.95 bits per heavy atom. The van der Waals surface area contributed by atoms with Crippen LogP contribution in [0, 0.1) is 0 Å². The molecule has 3 aromatic rings. The number of methoxy groups -OCH3 is 4. The number of alkyl halides is 3. The number of benzene rings is 3. The van der Waals surface area contributed by atoms with E-state index in [-0.39, 0.29) is 0 Å². The number of ether oxygens (including phenoxy) is 4. The Morgan fingerprint density at radius 2 is 1.41 bits per heavy atom. The molecule has 6 nitrogen and oxygen atoms in total. The second-order valence-electron chi connectivity index (χ2n) is 7.69. The highest BCUT2D eigenvalue weighted by molar-refractivity contribution is 6.03. The SMILES string of the molecule is COc1ccc(NC(=O)/C=C/c2ccc(C(F)(F)F)cc2)c(/C=C/c2cc(OC)c(OC)c(OC)c2)c1. The van der Waals surface area contributed by atoms with Crippen molar-refractivity contribution >= 4 is 29.8 Å². The van der Waals surface area contributed by atoms with Gasteiger partial charge in [-0.1, -0.05) is 24.3 Å². The van der Waals surface area contributed by atoms with Gasteiger partial charge in [-0.25, -0.2) is 0 Å². The van der Waals surface area contributed by atoms with Crippen molar-refractivity contribution in [2.75, 3.05) is 33.8 Å². The summed E-state index contributed by atoms with van der Waals surface area (Å²) in [6.07, 6.45) is 1.87. The van der Waals surface area contributed by atoms with Gasteiger partial charge in [0.2, 0.25) is 11.7 Å². The van der Waals surface area contributed by atoms with E-state index in [4.69, 9.17) is 18.9 Å². The van der Waals surface area contributed by atoms with Crippen LogP contribution in [0.1, 0.15) is 22.3 Å². The average molecular weight is 514 g/mol. The Bertz CT molecular complexity index is 1270. The number of halogens is 3. The lowest BCUT2D eigenvalue weighted by Crippen LogP contribution is -2.09. The maximum Gasteiger partial charge on any atom is 0.416 e. The van der Waals surface area contributed by atoms with Crippen LogP contribution in [0.25, 0.3) is 18.2 Å². The van der Waals surface area contributed by atoms with Gasteiger partial charge in [0.1, 0.15) is 5.75 Å². The van der Waals surface area contributed by atoms with Gasteiger partial charge in [0.25, 0.3) is 0 Å². The molecule has 0 fully saturated rings. The molecule has 0 aromatic heterocycles. The Balaban J connectivity index is 1.83. The maximum absolute atomic E-state index is 12.7. The van der Waals surface area contributed by atoms with Crippen LogP contribution < -0.4 is 24.3 Å². The van der Waals surface area contributed by atoms with Crippen LogP contribution >= 0.6 is 0 Å². The van der Waals surface area contributed by atoms with E-state index in [1.165, 1.54) is 52.7 Å². The predicted octanol–water partition coefficient (Wildman–Crippen LogP) is 6.56. The van der Waals surface area contributed by atoms with Crippen molar-refractivity contribution in [2.24, 2.45) is 0 Å². The monoisotopic (exact) mass is 513 g/mol. The first-order chi connectivity index (χ1) is 17.7. The first kappa shape index (κ1) is 27.2. The van der Waals surface area contributed by atoms with Gasteiger partial charge in [-0.05, 0) is 59.7 Å². The van der Waals surface area contributed by atoms with Crippen molar-refractivity contribution in [3.63, 3.8) is 0 Å². The fraction of sp³-hybridized carbons (Fsp3) is 0.179. The van der Waals surface area contributed by atoms with Gasteiger partial charge in [-0.15, -0.1) is 0 Å². The number of amides is 1. The number of rotatable bonds is 9. The van der Waals surface area contributed by atoms with Crippen molar-refractivity contribution in [3.05, 3.63) is 82.9 Å². The molecule has 0 saturated heterocycles. The van der Waals surface area contributed by atoms with Crippen molar-refractivity contribution in [3.8, 4) is 23.0 Å². The number of hydrogen-bond acceptors (Lipinski definition) is 5. The van der Waals surface area contributed by atoms with Crippen LogP contribution in [-0.4, -0.2) is 34.3 Å². The Morgan fingerprint density at radius 1 is 0.757 bits per heavy atom. The van der Waals surface area contributed by atoms with E-state index < -0.39 is 17.6 Å². The van der Waals surface area contributed by atoms with E-state index in [2.05, 4.69) is 5.32 Å². The lowest BCUT2D eigenvalue weighted by Gasteiger charge is -2.13. The van der Waals surface area contributed by atoms with Crippen LogP contribution in [-0.2, 0) is 11.0 Å². The minimum absolute atomic E-state index is 0.451. The van der Waals surface area contributed by atoms with Crippen LogP contribution in [0.15, 0.2) is 60.7 Å². The van der Waals surface area contributed by atoms with Gasteiger partial charge in [-0.3, -0.25) is 4.79 Å². The summed E-state index contributed by atoms with van der Waals surface area (Å²) in [7, 11) is 6.11. The van der Waals surface area contributed by atoms with Gasteiger partial charge in [-0.2, -0.15) is 13.2 Å². The number of carbonyl (C=O) groups is 1. The fourth-order valence-corrected chi connectivity index (χ4v) is 3.43. The largest absolute Gasteiger partial charge is 0.497 e. The van der Waals surface area contributed by atoms with E-state index >= 15 is 0 Å². The molecule has 3 rings (SSSR count). The summed E-state index contributed by atoms with van der Waals surface area (Å²) in [6.45, 7) is 0. The minimum Gasteiger partial charge on any atom is -0.497 e. The van der Waals surface area contributed by atoms with Crippen LogP contribution in [0.2, 0.25) is 0 Å².